The van der Waals surface area contributed by atoms with Gasteiger partial charge in [0.2, 0.25) is 0 Å². The van der Waals surface area contributed by atoms with E-state index >= 15 is 0 Å². The summed E-state index contributed by atoms with van der Waals surface area (Å²) in [4.78, 5) is 15.3. The Morgan fingerprint density at radius 3 is 2.75 bits per heavy atom. The second-order valence-corrected chi connectivity index (χ2v) is 8.37. The minimum Gasteiger partial charge on any atom is -0.381 e. The molecule has 1 aromatic heterocycles. The predicted octanol–water partition coefficient (Wildman–Crippen LogP) is 2.99. The number of nitrogens with zero attached hydrogens (tertiary/aromatic N) is 3. The first-order valence-electron chi connectivity index (χ1n) is 10.3. The first-order valence-corrected chi connectivity index (χ1v) is 10.3. The minimum absolute atomic E-state index is 0.101. The normalized spacial score (nSPS) is 25.1. The van der Waals surface area contributed by atoms with Crippen molar-refractivity contribution in [2.75, 3.05) is 26.3 Å². The van der Waals surface area contributed by atoms with Crippen LogP contribution in [0.25, 0.3) is 11.1 Å². The molecule has 0 unspecified atom stereocenters. The molecule has 3 aliphatic rings. The lowest BCUT2D eigenvalue weighted by atomic mass is 9.79. The zero-order valence-electron chi connectivity index (χ0n) is 16.0. The zero-order chi connectivity index (χ0) is 19.1. The first kappa shape index (κ1) is 17.7. The number of hydrogen-bond acceptors (Lipinski definition) is 4. The second kappa shape index (κ2) is 7.20. The third-order valence-corrected chi connectivity index (χ3v) is 6.63. The average Bonchev–Trinajstić information content (AvgIpc) is 2.75. The molecule has 0 amide bonds. The maximum atomic E-state index is 12.7. The Kier molecular flexibility index (Phi) is 4.54. The smallest absolute Gasteiger partial charge is 0.250 e. The largest absolute Gasteiger partial charge is 0.381 e. The molecule has 0 radical (unpaired) electrons. The van der Waals surface area contributed by atoms with Crippen molar-refractivity contribution in [3.05, 3.63) is 58.0 Å². The summed E-state index contributed by atoms with van der Waals surface area (Å²) in [7, 11) is 0. The third kappa shape index (κ3) is 3.07. The molecule has 2 aromatic rings. The molecule has 144 valence electrons. The molecule has 1 aromatic carbocycles. The SMILES string of the molecule is N#Cc1cccc(-c2ccc(=O)n3c2[C@@H]2C[C@@H](CN(C4CCOCC4)C2)C3)c1. The van der Waals surface area contributed by atoms with Gasteiger partial charge < -0.3 is 9.30 Å². The molecule has 4 heterocycles. The van der Waals surface area contributed by atoms with Gasteiger partial charge in [0.05, 0.1) is 11.6 Å². The second-order valence-electron chi connectivity index (χ2n) is 8.37. The lowest BCUT2D eigenvalue weighted by Gasteiger charge is -2.47. The monoisotopic (exact) mass is 375 g/mol. The Balaban J connectivity index is 1.55. The van der Waals surface area contributed by atoms with Crippen molar-refractivity contribution in [3.63, 3.8) is 0 Å². The molecule has 0 spiro atoms. The summed E-state index contributed by atoms with van der Waals surface area (Å²) in [5, 5.41) is 9.29. The van der Waals surface area contributed by atoms with E-state index in [-0.39, 0.29) is 5.56 Å². The Hall–Kier alpha value is -2.42. The van der Waals surface area contributed by atoms with Gasteiger partial charge in [-0.3, -0.25) is 9.69 Å². The summed E-state index contributed by atoms with van der Waals surface area (Å²) in [6.07, 6.45) is 3.37. The lowest BCUT2D eigenvalue weighted by molar-refractivity contribution is 0.00597. The molecule has 28 heavy (non-hydrogen) atoms. The van der Waals surface area contributed by atoms with E-state index in [1.165, 1.54) is 0 Å². The molecule has 2 fully saturated rings. The minimum atomic E-state index is 0.101. The highest BCUT2D eigenvalue weighted by Crippen LogP contribution is 2.41. The summed E-state index contributed by atoms with van der Waals surface area (Å²) in [5.41, 5.74) is 4.06. The van der Waals surface area contributed by atoms with E-state index in [1.54, 1.807) is 6.07 Å². The van der Waals surface area contributed by atoms with Crippen LogP contribution < -0.4 is 5.56 Å². The number of benzene rings is 1. The van der Waals surface area contributed by atoms with Crippen LogP contribution in [-0.2, 0) is 11.3 Å². The highest BCUT2D eigenvalue weighted by Gasteiger charge is 2.38. The van der Waals surface area contributed by atoms with Gasteiger partial charge >= 0.3 is 0 Å². The number of nitriles is 1. The molecular weight excluding hydrogens is 350 g/mol. The van der Waals surface area contributed by atoms with E-state index in [9.17, 15) is 10.1 Å². The van der Waals surface area contributed by atoms with Gasteiger partial charge in [-0.15, -0.1) is 0 Å². The number of fused-ring (bicyclic) bond motifs is 4. The van der Waals surface area contributed by atoms with E-state index in [1.807, 2.05) is 34.9 Å². The Morgan fingerprint density at radius 1 is 1.07 bits per heavy atom. The fourth-order valence-electron chi connectivity index (χ4n) is 5.40. The van der Waals surface area contributed by atoms with Crippen LogP contribution in [0.1, 0.15) is 36.4 Å². The van der Waals surface area contributed by atoms with Gasteiger partial charge in [-0.05, 0) is 48.9 Å². The van der Waals surface area contributed by atoms with Crippen LogP contribution in [0.3, 0.4) is 0 Å². The van der Waals surface area contributed by atoms with Gasteiger partial charge in [0.1, 0.15) is 0 Å². The molecule has 0 aliphatic carbocycles. The van der Waals surface area contributed by atoms with E-state index in [4.69, 9.17) is 4.74 Å². The standard InChI is InChI=1S/C23H25N3O2/c24-12-16-2-1-3-18(10-16)21-4-5-22(27)26-14-17-11-19(23(21)26)15-25(13-17)20-6-8-28-9-7-20/h1-5,10,17,19-20H,6-9,11,13-15H2/t17-,19+/m0/s1. The molecule has 5 rings (SSSR count). The third-order valence-electron chi connectivity index (χ3n) is 6.63. The summed E-state index contributed by atoms with van der Waals surface area (Å²) in [5.74, 6) is 0.900. The van der Waals surface area contributed by atoms with Crippen molar-refractivity contribution in [3.8, 4) is 17.2 Å². The van der Waals surface area contributed by atoms with Crippen molar-refractivity contribution >= 4 is 0 Å². The van der Waals surface area contributed by atoms with Gasteiger partial charge in [-0.2, -0.15) is 5.26 Å². The number of piperidine rings is 1. The van der Waals surface area contributed by atoms with Crippen molar-refractivity contribution in [1.29, 1.82) is 5.26 Å². The Labute approximate surface area is 165 Å². The van der Waals surface area contributed by atoms with Crippen molar-refractivity contribution in [2.24, 2.45) is 5.92 Å². The molecule has 3 aliphatic heterocycles. The molecule has 5 heteroatoms. The zero-order valence-corrected chi connectivity index (χ0v) is 16.0. The van der Waals surface area contributed by atoms with Crippen molar-refractivity contribution < 1.29 is 4.74 Å². The van der Waals surface area contributed by atoms with E-state index in [0.29, 0.717) is 23.4 Å². The lowest BCUT2D eigenvalue weighted by Crippen LogP contribution is -2.51. The van der Waals surface area contributed by atoms with Gasteiger partial charge in [-0.1, -0.05) is 12.1 Å². The summed E-state index contributed by atoms with van der Waals surface area (Å²) in [6, 6.07) is 14.2. The molecule has 0 saturated carbocycles. The Bertz CT molecular complexity index is 984. The number of ether oxygens (including phenoxy) is 1. The van der Waals surface area contributed by atoms with Crippen LogP contribution in [0.5, 0.6) is 0 Å². The summed E-state index contributed by atoms with van der Waals surface area (Å²) in [6.45, 7) is 4.62. The number of likely N-dealkylation sites (tertiary alicyclic amines) is 1. The van der Waals surface area contributed by atoms with Crippen LogP contribution in [0.2, 0.25) is 0 Å². The van der Waals surface area contributed by atoms with Crippen LogP contribution in [-0.4, -0.2) is 41.8 Å². The molecule has 2 bridgehead atoms. The van der Waals surface area contributed by atoms with Gasteiger partial charge in [0.25, 0.3) is 5.56 Å². The Morgan fingerprint density at radius 2 is 1.93 bits per heavy atom. The van der Waals surface area contributed by atoms with Gasteiger partial charge in [-0.25, -0.2) is 0 Å². The summed E-state index contributed by atoms with van der Waals surface area (Å²) < 4.78 is 7.57. The quantitative estimate of drug-likeness (QED) is 0.810. The van der Waals surface area contributed by atoms with E-state index < -0.39 is 0 Å². The average molecular weight is 375 g/mol. The van der Waals surface area contributed by atoms with Crippen LogP contribution in [0.15, 0.2) is 41.2 Å². The number of aromatic nitrogens is 1. The van der Waals surface area contributed by atoms with Crippen LogP contribution in [0, 0.1) is 17.2 Å². The number of pyridine rings is 1. The number of hydrogen-bond donors (Lipinski definition) is 0. The number of rotatable bonds is 2. The fourth-order valence-corrected chi connectivity index (χ4v) is 5.40. The molecular formula is C23H25N3O2. The highest BCUT2D eigenvalue weighted by atomic mass is 16.5. The van der Waals surface area contributed by atoms with Crippen LogP contribution in [0.4, 0.5) is 0 Å². The topological polar surface area (TPSA) is 58.3 Å². The fraction of sp³-hybridized carbons (Fsp3) is 0.478. The molecule has 2 saturated heterocycles. The first-order chi connectivity index (χ1) is 13.7. The van der Waals surface area contributed by atoms with Crippen molar-refractivity contribution in [1.82, 2.24) is 9.47 Å². The van der Waals surface area contributed by atoms with Crippen LogP contribution >= 0.6 is 0 Å². The molecule has 2 atom stereocenters. The van der Waals surface area contributed by atoms with E-state index in [0.717, 1.165) is 68.9 Å². The molecule has 5 nitrogen and oxygen atoms in total. The van der Waals surface area contributed by atoms with Gasteiger partial charge in [0.15, 0.2) is 0 Å². The van der Waals surface area contributed by atoms with Crippen molar-refractivity contribution in [2.45, 2.75) is 37.8 Å². The molecule has 0 N–H and O–H groups in total. The summed E-state index contributed by atoms with van der Waals surface area (Å²) >= 11 is 0. The van der Waals surface area contributed by atoms with E-state index in [2.05, 4.69) is 11.0 Å². The van der Waals surface area contributed by atoms with Gasteiger partial charge in [0, 0.05) is 62.1 Å². The highest BCUT2D eigenvalue weighted by molar-refractivity contribution is 5.68. The maximum absolute atomic E-state index is 12.7. The maximum Gasteiger partial charge on any atom is 0.250 e. The predicted molar refractivity (Wildman–Crippen MR) is 107 cm³/mol.